The number of halogens is 2. The highest BCUT2D eigenvalue weighted by Crippen LogP contribution is 2.34. The highest BCUT2D eigenvalue weighted by molar-refractivity contribution is 14.1. The molecule has 2 nitrogen and oxygen atoms in total. The Morgan fingerprint density at radius 3 is 2.93 bits per heavy atom. The van der Waals surface area contributed by atoms with E-state index in [1.165, 1.54) is 29.2 Å². The number of anilines is 1. The Kier molecular flexibility index (Phi) is 3.47. The zero-order valence-corrected chi connectivity index (χ0v) is 11.2. The van der Waals surface area contributed by atoms with Gasteiger partial charge in [-0.2, -0.15) is 0 Å². The summed E-state index contributed by atoms with van der Waals surface area (Å²) in [6.45, 7) is 0. The topological polar surface area (TPSA) is 38.9 Å². The molecule has 0 aliphatic heterocycles. The zero-order valence-electron chi connectivity index (χ0n) is 7.41. The van der Waals surface area contributed by atoms with Crippen LogP contribution in [0.4, 0.5) is 10.1 Å². The molecule has 0 aliphatic rings. The molecule has 2 rings (SSSR count). The molecule has 6 heteroatoms. The van der Waals surface area contributed by atoms with Gasteiger partial charge in [-0.15, -0.1) is 11.3 Å². The molecule has 0 amide bonds. The number of nitrogens with zero attached hydrogens (tertiary/aromatic N) is 1. The van der Waals surface area contributed by atoms with Crippen LogP contribution in [0.5, 0.6) is 0 Å². The SMILES string of the molecule is Nc1cc(I)c(F)cc1Sc1nccs1. The predicted molar refractivity (Wildman–Crippen MR) is 69.8 cm³/mol. The standard InChI is InChI=1S/C9H6FIN2S2/c10-5-3-8(7(12)4-6(5)11)15-9-13-1-2-14-9/h1-4H,12H2. The molecule has 1 aromatic carbocycles. The van der Waals surface area contributed by atoms with E-state index < -0.39 is 0 Å². The second-order valence-electron chi connectivity index (χ2n) is 2.70. The van der Waals surface area contributed by atoms with Crippen LogP contribution >= 0.6 is 45.7 Å². The van der Waals surface area contributed by atoms with Crippen molar-refractivity contribution in [2.45, 2.75) is 9.24 Å². The summed E-state index contributed by atoms with van der Waals surface area (Å²) < 4.78 is 14.7. The van der Waals surface area contributed by atoms with Gasteiger partial charge in [0.05, 0.1) is 3.57 Å². The Morgan fingerprint density at radius 1 is 1.47 bits per heavy atom. The fourth-order valence-corrected chi connectivity index (χ4v) is 3.11. The molecule has 78 valence electrons. The highest BCUT2D eigenvalue weighted by atomic mass is 127. The molecular weight excluding hydrogens is 346 g/mol. The molecule has 0 radical (unpaired) electrons. The van der Waals surface area contributed by atoms with Gasteiger partial charge in [0.25, 0.3) is 0 Å². The van der Waals surface area contributed by atoms with Crippen LogP contribution in [0.25, 0.3) is 0 Å². The van der Waals surface area contributed by atoms with Crippen molar-refractivity contribution in [1.29, 1.82) is 0 Å². The van der Waals surface area contributed by atoms with E-state index in [1.54, 1.807) is 12.3 Å². The van der Waals surface area contributed by atoms with Gasteiger partial charge in [0, 0.05) is 22.2 Å². The summed E-state index contributed by atoms with van der Waals surface area (Å²) in [6.07, 6.45) is 1.71. The fourth-order valence-electron chi connectivity index (χ4n) is 0.987. The summed E-state index contributed by atoms with van der Waals surface area (Å²) in [5, 5.41) is 1.88. The third-order valence-electron chi connectivity index (χ3n) is 1.66. The van der Waals surface area contributed by atoms with Crippen molar-refractivity contribution < 1.29 is 4.39 Å². The summed E-state index contributed by atoms with van der Waals surface area (Å²) in [5.74, 6) is -0.246. The van der Waals surface area contributed by atoms with Crippen molar-refractivity contribution >= 4 is 51.4 Å². The monoisotopic (exact) mass is 352 g/mol. The first-order chi connectivity index (χ1) is 7.16. The van der Waals surface area contributed by atoms with E-state index in [0.29, 0.717) is 14.2 Å². The number of hydrogen-bond donors (Lipinski definition) is 1. The molecule has 0 saturated heterocycles. The van der Waals surface area contributed by atoms with Gasteiger partial charge in [-0.1, -0.05) is 11.8 Å². The second kappa shape index (κ2) is 4.67. The van der Waals surface area contributed by atoms with Gasteiger partial charge in [-0.05, 0) is 34.7 Å². The average Bonchev–Trinajstić information content (AvgIpc) is 2.67. The van der Waals surface area contributed by atoms with Crippen LogP contribution in [0.3, 0.4) is 0 Å². The molecule has 2 aromatic rings. The van der Waals surface area contributed by atoms with Crippen molar-refractivity contribution in [2.24, 2.45) is 0 Å². The van der Waals surface area contributed by atoms with Gasteiger partial charge in [0.1, 0.15) is 5.82 Å². The lowest BCUT2D eigenvalue weighted by atomic mass is 10.3. The lowest BCUT2D eigenvalue weighted by molar-refractivity contribution is 0.617. The Balaban J connectivity index is 2.33. The summed E-state index contributed by atoms with van der Waals surface area (Å²) >= 11 is 4.81. The lowest BCUT2D eigenvalue weighted by Gasteiger charge is -2.04. The van der Waals surface area contributed by atoms with Crippen LogP contribution in [-0.2, 0) is 0 Å². The predicted octanol–water partition coefficient (Wildman–Crippen LogP) is 3.62. The van der Waals surface area contributed by atoms with E-state index in [9.17, 15) is 4.39 Å². The van der Waals surface area contributed by atoms with Crippen LogP contribution in [0, 0.1) is 9.39 Å². The molecule has 0 fully saturated rings. The van der Waals surface area contributed by atoms with Gasteiger partial charge in [-0.3, -0.25) is 0 Å². The van der Waals surface area contributed by atoms with Crippen LogP contribution in [0.2, 0.25) is 0 Å². The van der Waals surface area contributed by atoms with Gasteiger partial charge in [-0.25, -0.2) is 9.37 Å². The second-order valence-corrected chi connectivity index (χ2v) is 6.05. The maximum atomic E-state index is 13.3. The van der Waals surface area contributed by atoms with Crippen LogP contribution in [0.1, 0.15) is 0 Å². The summed E-state index contributed by atoms with van der Waals surface area (Å²) in [4.78, 5) is 4.82. The van der Waals surface area contributed by atoms with Gasteiger partial charge in [0.2, 0.25) is 0 Å². The molecule has 15 heavy (non-hydrogen) atoms. The van der Waals surface area contributed by atoms with E-state index in [4.69, 9.17) is 5.73 Å². The summed E-state index contributed by atoms with van der Waals surface area (Å²) in [5.41, 5.74) is 6.38. The van der Waals surface area contributed by atoms with Gasteiger partial charge < -0.3 is 5.73 Å². The number of nitrogen functional groups attached to an aromatic ring is 1. The number of thiazole rings is 1. The van der Waals surface area contributed by atoms with Crippen molar-refractivity contribution in [3.8, 4) is 0 Å². The Hall–Kier alpha value is -0.340. The van der Waals surface area contributed by atoms with E-state index in [2.05, 4.69) is 4.98 Å². The van der Waals surface area contributed by atoms with Crippen molar-refractivity contribution in [3.05, 3.63) is 33.1 Å². The molecule has 0 atom stereocenters. The third kappa shape index (κ3) is 2.61. The van der Waals surface area contributed by atoms with Crippen LogP contribution in [-0.4, -0.2) is 4.98 Å². The minimum Gasteiger partial charge on any atom is -0.398 e. The molecule has 0 spiro atoms. The maximum absolute atomic E-state index is 13.3. The Bertz CT molecular complexity index is 473. The molecular formula is C9H6FIN2S2. The van der Waals surface area contributed by atoms with Gasteiger partial charge in [0.15, 0.2) is 4.34 Å². The number of aromatic nitrogens is 1. The number of hydrogen-bond acceptors (Lipinski definition) is 4. The highest BCUT2D eigenvalue weighted by Gasteiger charge is 2.08. The first kappa shape index (κ1) is 11.2. The Labute approximate surface area is 108 Å². The summed E-state index contributed by atoms with van der Waals surface area (Å²) in [7, 11) is 0. The van der Waals surface area contributed by atoms with E-state index in [0.717, 1.165) is 4.34 Å². The fraction of sp³-hybridized carbons (Fsp3) is 0. The third-order valence-corrected chi connectivity index (χ3v) is 4.44. The number of benzene rings is 1. The molecule has 0 saturated carbocycles. The molecule has 0 unspecified atom stereocenters. The maximum Gasteiger partial charge on any atom is 0.154 e. The van der Waals surface area contributed by atoms with Crippen molar-refractivity contribution in [2.75, 3.05) is 5.73 Å². The smallest absolute Gasteiger partial charge is 0.154 e. The quantitative estimate of drug-likeness (QED) is 0.663. The van der Waals surface area contributed by atoms with Crippen molar-refractivity contribution in [3.63, 3.8) is 0 Å². The van der Waals surface area contributed by atoms with E-state index in [-0.39, 0.29) is 5.82 Å². The molecule has 1 heterocycles. The molecule has 0 bridgehead atoms. The average molecular weight is 352 g/mol. The Morgan fingerprint density at radius 2 is 2.27 bits per heavy atom. The lowest BCUT2D eigenvalue weighted by Crippen LogP contribution is -1.92. The van der Waals surface area contributed by atoms with E-state index in [1.807, 2.05) is 28.0 Å². The zero-order chi connectivity index (χ0) is 10.8. The first-order valence-electron chi connectivity index (χ1n) is 3.98. The largest absolute Gasteiger partial charge is 0.398 e. The minimum atomic E-state index is -0.246. The minimum absolute atomic E-state index is 0.246. The van der Waals surface area contributed by atoms with Crippen LogP contribution < -0.4 is 5.73 Å². The van der Waals surface area contributed by atoms with E-state index >= 15 is 0 Å². The van der Waals surface area contributed by atoms with Crippen molar-refractivity contribution in [1.82, 2.24) is 4.98 Å². The molecule has 2 N–H and O–H groups in total. The summed E-state index contributed by atoms with van der Waals surface area (Å²) in [6, 6.07) is 3.08. The van der Waals surface area contributed by atoms with Crippen LogP contribution in [0.15, 0.2) is 32.9 Å². The van der Waals surface area contributed by atoms with Gasteiger partial charge >= 0.3 is 0 Å². The number of rotatable bonds is 2. The number of nitrogens with two attached hydrogens (primary N) is 1. The first-order valence-corrected chi connectivity index (χ1v) is 6.76. The molecule has 0 aliphatic carbocycles. The normalized spacial score (nSPS) is 10.5. The molecule has 1 aromatic heterocycles.